The van der Waals surface area contributed by atoms with Crippen LogP contribution in [0, 0.1) is 0 Å². The molecule has 1 aliphatic rings. The normalized spacial score (nSPS) is 23.2. The number of nitrogens with zero attached hydrogens (tertiary/aromatic N) is 1. The SMILES string of the molecule is O=S1(=O)CCCC1CNc1ccnc(Cl)c1. The third kappa shape index (κ3) is 2.65. The number of hydrogen-bond acceptors (Lipinski definition) is 4. The van der Waals surface area contributed by atoms with Gasteiger partial charge in [-0.2, -0.15) is 0 Å². The lowest BCUT2D eigenvalue weighted by Gasteiger charge is -2.11. The van der Waals surface area contributed by atoms with Gasteiger partial charge < -0.3 is 5.32 Å². The molecule has 0 aliphatic carbocycles. The Hall–Kier alpha value is -0.810. The standard InChI is InChI=1S/C10H13ClN2O2S/c11-10-6-8(3-4-12-10)13-7-9-2-1-5-16(9,14)15/h3-4,6,9H,1-2,5,7H2,(H,12,13). The third-order valence-corrected chi connectivity index (χ3v) is 5.21. The topological polar surface area (TPSA) is 59.1 Å². The van der Waals surface area contributed by atoms with Crippen LogP contribution in [0.3, 0.4) is 0 Å². The molecule has 1 N–H and O–H groups in total. The van der Waals surface area contributed by atoms with E-state index in [0.29, 0.717) is 17.5 Å². The minimum absolute atomic E-state index is 0.264. The van der Waals surface area contributed by atoms with Crippen LogP contribution in [0.4, 0.5) is 5.69 Å². The Kier molecular flexibility index (Phi) is 3.35. The summed E-state index contributed by atoms with van der Waals surface area (Å²) in [6.07, 6.45) is 3.10. The van der Waals surface area contributed by atoms with E-state index in [1.807, 2.05) is 0 Å². The number of rotatable bonds is 3. The van der Waals surface area contributed by atoms with Gasteiger partial charge in [0.1, 0.15) is 5.15 Å². The van der Waals surface area contributed by atoms with Gasteiger partial charge in [-0.15, -0.1) is 0 Å². The van der Waals surface area contributed by atoms with Gasteiger partial charge in [0, 0.05) is 18.4 Å². The second-order valence-corrected chi connectivity index (χ2v) is 6.67. The first-order valence-corrected chi connectivity index (χ1v) is 7.24. The summed E-state index contributed by atoms with van der Waals surface area (Å²) in [6, 6.07) is 3.45. The quantitative estimate of drug-likeness (QED) is 0.841. The van der Waals surface area contributed by atoms with Crippen LogP contribution in [0.5, 0.6) is 0 Å². The molecule has 0 saturated carbocycles. The van der Waals surface area contributed by atoms with Crippen LogP contribution in [0.15, 0.2) is 18.3 Å². The van der Waals surface area contributed by atoms with E-state index in [1.54, 1.807) is 18.3 Å². The maximum atomic E-state index is 11.6. The van der Waals surface area contributed by atoms with Crippen molar-refractivity contribution in [1.82, 2.24) is 4.98 Å². The van der Waals surface area contributed by atoms with Crippen molar-refractivity contribution in [1.29, 1.82) is 0 Å². The number of pyridine rings is 1. The molecule has 0 bridgehead atoms. The highest BCUT2D eigenvalue weighted by Crippen LogP contribution is 2.21. The molecule has 16 heavy (non-hydrogen) atoms. The fraction of sp³-hybridized carbons (Fsp3) is 0.500. The summed E-state index contributed by atoms with van der Waals surface area (Å²) in [6.45, 7) is 0.447. The second kappa shape index (κ2) is 4.59. The first-order valence-electron chi connectivity index (χ1n) is 5.15. The molecule has 2 rings (SSSR count). The molecular weight excluding hydrogens is 248 g/mol. The molecule has 0 radical (unpaired) electrons. The summed E-state index contributed by atoms with van der Waals surface area (Å²) in [5.41, 5.74) is 0.808. The minimum Gasteiger partial charge on any atom is -0.384 e. The number of halogens is 1. The molecule has 4 nitrogen and oxygen atoms in total. The zero-order valence-electron chi connectivity index (χ0n) is 8.69. The van der Waals surface area contributed by atoms with Gasteiger partial charge in [-0.05, 0) is 25.0 Å². The van der Waals surface area contributed by atoms with Gasteiger partial charge >= 0.3 is 0 Å². The van der Waals surface area contributed by atoms with Gasteiger partial charge in [-0.1, -0.05) is 11.6 Å². The molecule has 0 spiro atoms. The Labute approximate surface area is 99.9 Å². The Morgan fingerprint density at radius 2 is 2.38 bits per heavy atom. The van der Waals surface area contributed by atoms with Crippen LogP contribution in [0.2, 0.25) is 5.15 Å². The summed E-state index contributed by atoms with van der Waals surface area (Å²) in [5, 5.41) is 3.22. The molecule has 1 aliphatic heterocycles. The van der Waals surface area contributed by atoms with Crippen LogP contribution in [0.1, 0.15) is 12.8 Å². The van der Waals surface area contributed by atoms with Gasteiger partial charge in [0.25, 0.3) is 0 Å². The van der Waals surface area contributed by atoms with Crippen LogP contribution in [-0.2, 0) is 9.84 Å². The highest BCUT2D eigenvalue weighted by atomic mass is 35.5. The van der Waals surface area contributed by atoms with E-state index in [-0.39, 0.29) is 5.25 Å². The van der Waals surface area contributed by atoms with Crippen molar-refractivity contribution < 1.29 is 8.42 Å². The molecule has 2 heterocycles. The van der Waals surface area contributed by atoms with E-state index >= 15 is 0 Å². The van der Waals surface area contributed by atoms with E-state index in [2.05, 4.69) is 10.3 Å². The number of aromatic nitrogens is 1. The molecule has 1 aromatic rings. The highest BCUT2D eigenvalue weighted by molar-refractivity contribution is 7.92. The van der Waals surface area contributed by atoms with Gasteiger partial charge in [0.15, 0.2) is 9.84 Å². The number of sulfone groups is 1. The van der Waals surface area contributed by atoms with E-state index in [0.717, 1.165) is 18.5 Å². The van der Waals surface area contributed by atoms with Gasteiger partial charge in [0.2, 0.25) is 0 Å². The first-order chi connectivity index (χ1) is 7.58. The Morgan fingerprint density at radius 3 is 3.00 bits per heavy atom. The molecule has 88 valence electrons. The molecule has 6 heteroatoms. The van der Waals surface area contributed by atoms with Crippen molar-refractivity contribution >= 4 is 27.1 Å². The second-order valence-electron chi connectivity index (χ2n) is 3.88. The number of nitrogens with one attached hydrogen (secondary N) is 1. The number of hydrogen-bond donors (Lipinski definition) is 1. The fourth-order valence-corrected chi connectivity index (χ4v) is 3.77. The average Bonchev–Trinajstić information content (AvgIpc) is 2.55. The third-order valence-electron chi connectivity index (χ3n) is 2.72. The molecule has 0 aromatic carbocycles. The lowest BCUT2D eigenvalue weighted by atomic mass is 10.2. The highest BCUT2D eigenvalue weighted by Gasteiger charge is 2.30. The van der Waals surface area contributed by atoms with Crippen LogP contribution in [0.25, 0.3) is 0 Å². The van der Waals surface area contributed by atoms with Crippen molar-refractivity contribution in [2.24, 2.45) is 0 Å². The minimum atomic E-state index is -2.88. The fourth-order valence-electron chi connectivity index (χ4n) is 1.83. The van der Waals surface area contributed by atoms with Crippen molar-refractivity contribution in [2.45, 2.75) is 18.1 Å². The summed E-state index contributed by atoms with van der Waals surface area (Å²) in [4.78, 5) is 3.86. The van der Waals surface area contributed by atoms with E-state index in [4.69, 9.17) is 11.6 Å². The maximum absolute atomic E-state index is 11.6. The predicted molar refractivity (Wildman–Crippen MR) is 64.5 cm³/mol. The van der Waals surface area contributed by atoms with Gasteiger partial charge in [0.05, 0.1) is 11.0 Å². The van der Waals surface area contributed by atoms with Crippen molar-refractivity contribution in [3.05, 3.63) is 23.5 Å². The number of anilines is 1. The van der Waals surface area contributed by atoms with Crippen molar-refractivity contribution in [3.8, 4) is 0 Å². The summed E-state index contributed by atoms with van der Waals surface area (Å²) in [7, 11) is -2.88. The maximum Gasteiger partial charge on any atom is 0.154 e. The molecular formula is C10H13ClN2O2S. The molecule has 0 amide bonds. The van der Waals surface area contributed by atoms with Crippen molar-refractivity contribution in [3.63, 3.8) is 0 Å². The monoisotopic (exact) mass is 260 g/mol. The lowest BCUT2D eigenvalue weighted by molar-refractivity contribution is 0.591. The van der Waals surface area contributed by atoms with E-state index in [9.17, 15) is 8.42 Å². The van der Waals surface area contributed by atoms with Crippen LogP contribution in [-0.4, -0.2) is 30.9 Å². The molecule has 1 saturated heterocycles. The molecule has 1 aromatic heterocycles. The zero-order valence-corrected chi connectivity index (χ0v) is 10.3. The predicted octanol–water partition coefficient (Wildman–Crippen LogP) is 1.72. The van der Waals surface area contributed by atoms with E-state index in [1.165, 1.54) is 0 Å². The molecule has 1 atom stereocenters. The summed E-state index contributed by atoms with van der Waals surface area (Å²) < 4.78 is 23.1. The summed E-state index contributed by atoms with van der Waals surface area (Å²) >= 11 is 5.73. The van der Waals surface area contributed by atoms with Gasteiger partial charge in [-0.3, -0.25) is 0 Å². The Balaban J connectivity index is 1.98. The molecule has 1 fully saturated rings. The smallest absolute Gasteiger partial charge is 0.154 e. The largest absolute Gasteiger partial charge is 0.384 e. The van der Waals surface area contributed by atoms with Crippen LogP contribution < -0.4 is 5.32 Å². The average molecular weight is 261 g/mol. The van der Waals surface area contributed by atoms with Crippen LogP contribution >= 0.6 is 11.6 Å². The zero-order chi connectivity index (χ0) is 11.6. The van der Waals surface area contributed by atoms with E-state index < -0.39 is 9.84 Å². The Morgan fingerprint density at radius 1 is 1.56 bits per heavy atom. The first kappa shape index (κ1) is 11.7. The Bertz CT molecular complexity index is 475. The van der Waals surface area contributed by atoms with Gasteiger partial charge in [-0.25, -0.2) is 13.4 Å². The van der Waals surface area contributed by atoms with Crippen molar-refractivity contribution in [2.75, 3.05) is 17.6 Å². The molecule has 1 unspecified atom stereocenters. The summed E-state index contributed by atoms with van der Waals surface area (Å²) in [5.74, 6) is 0.316. The lowest BCUT2D eigenvalue weighted by Crippen LogP contribution is -2.25.